The van der Waals surface area contributed by atoms with Crippen LogP contribution in [0.25, 0.3) is 22.2 Å². The maximum absolute atomic E-state index is 14.6. The van der Waals surface area contributed by atoms with E-state index in [1.807, 2.05) is 37.3 Å². The topological polar surface area (TPSA) is 39.1 Å². The van der Waals surface area contributed by atoms with Crippen LogP contribution in [0.5, 0.6) is 0 Å². The van der Waals surface area contributed by atoms with Crippen molar-refractivity contribution in [3.05, 3.63) is 83.9 Å². The number of rotatable bonds is 13. The molecule has 5 heteroatoms. The van der Waals surface area contributed by atoms with E-state index in [0.29, 0.717) is 4.90 Å². The minimum absolute atomic E-state index is 0.353. The van der Waals surface area contributed by atoms with E-state index in [2.05, 4.69) is 58.0 Å². The first-order valence-electron chi connectivity index (χ1n) is 14.8. The van der Waals surface area contributed by atoms with Crippen molar-refractivity contribution in [2.75, 3.05) is 0 Å². The molecule has 0 atom stereocenters. The van der Waals surface area contributed by atoms with Crippen molar-refractivity contribution in [3.8, 4) is 11.3 Å². The average molecular weight is 651 g/mol. The van der Waals surface area contributed by atoms with Gasteiger partial charge in [-0.3, -0.25) is 0 Å². The third-order valence-electron chi connectivity index (χ3n) is 8.24. The van der Waals surface area contributed by atoms with Crippen LogP contribution in [0.3, 0.4) is 0 Å². The molecular formula is C34H45NO2SSn. The summed E-state index contributed by atoms with van der Waals surface area (Å²) in [7, 11) is -3.82. The van der Waals surface area contributed by atoms with Crippen molar-refractivity contribution in [2.45, 2.75) is 91.3 Å². The summed E-state index contributed by atoms with van der Waals surface area (Å²) >= 11 is -3.13. The summed E-state index contributed by atoms with van der Waals surface area (Å²) in [5.41, 5.74) is 5.04. The van der Waals surface area contributed by atoms with Crippen LogP contribution in [0.4, 0.5) is 0 Å². The van der Waals surface area contributed by atoms with Gasteiger partial charge >= 0.3 is 242 Å². The van der Waals surface area contributed by atoms with E-state index in [1.165, 1.54) is 66.4 Å². The van der Waals surface area contributed by atoms with Gasteiger partial charge in [0.15, 0.2) is 0 Å². The van der Waals surface area contributed by atoms with Gasteiger partial charge in [0.25, 0.3) is 0 Å². The molecule has 1 aromatic heterocycles. The molecule has 0 N–H and O–H groups in total. The molecule has 208 valence electrons. The molecule has 39 heavy (non-hydrogen) atoms. The molecule has 0 aliphatic rings. The monoisotopic (exact) mass is 651 g/mol. The molecule has 0 fully saturated rings. The molecule has 1 heterocycles. The molecule has 4 aromatic rings. The molecule has 0 unspecified atom stereocenters. The quantitative estimate of drug-likeness (QED) is 0.135. The van der Waals surface area contributed by atoms with Gasteiger partial charge in [-0.1, -0.05) is 0 Å². The van der Waals surface area contributed by atoms with Crippen LogP contribution >= 0.6 is 0 Å². The van der Waals surface area contributed by atoms with E-state index in [-0.39, 0.29) is 0 Å². The zero-order chi connectivity index (χ0) is 28.0. The maximum atomic E-state index is 14.6. The van der Waals surface area contributed by atoms with Gasteiger partial charge in [-0.25, -0.2) is 0 Å². The first-order chi connectivity index (χ1) is 18.8. The van der Waals surface area contributed by atoms with Crippen molar-refractivity contribution in [2.24, 2.45) is 0 Å². The van der Waals surface area contributed by atoms with E-state index >= 15 is 0 Å². The first kappa shape index (κ1) is 29.9. The summed E-state index contributed by atoms with van der Waals surface area (Å²) in [5.74, 6) is 0. The Morgan fingerprint density at radius 2 is 1.23 bits per heavy atom. The SMILES string of the molecule is CCC[CH2][Sn]([CH2]CCC)([CH2]CCC)[c]1c(-c2ccccc2)n(S(=O)(=O)c2ccc(C)cc2)c2ccc(C)cc12. The summed E-state index contributed by atoms with van der Waals surface area (Å²) in [4.78, 5) is 0.353. The fourth-order valence-corrected chi connectivity index (χ4v) is 25.4. The minimum atomic E-state index is -3.82. The van der Waals surface area contributed by atoms with Crippen LogP contribution in [0.1, 0.15) is 70.4 Å². The van der Waals surface area contributed by atoms with Crippen molar-refractivity contribution in [3.63, 3.8) is 0 Å². The molecule has 0 aliphatic carbocycles. The Morgan fingerprint density at radius 3 is 1.77 bits per heavy atom. The predicted molar refractivity (Wildman–Crippen MR) is 170 cm³/mol. The van der Waals surface area contributed by atoms with E-state index in [9.17, 15) is 8.42 Å². The molecule has 0 bridgehead atoms. The number of aryl methyl sites for hydroxylation is 2. The zero-order valence-electron chi connectivity index (χ0n) is 24.5. The van der Waals surface area contributed by atoms with Crippen LogP contribution in [0.15, 0.2) is 77.7 Å². The van der Waals surface area contributed by atoms with Crippen molar-refractivity contribution in [1.29, 1.82) is 0 Å². The molecule has 0 aliphatic heterocycles. The number of nitrogens with zero attached hydrogens (tertiary/aromatic N) is 1. The predicted octanol–water partition coefficient (Wildman–Crippen LogP) is 9.22. The Bertz CT molecular complexity index is 1470. The van der Waals surface area contributed by atoms with Gasteiger partial charge in [-0.2, -0.15) is 0 Å². The van der Waals surface area contributed by atoms with Gasteiger partial charge in [0.2, 0.25) is 0 Å². The van der Waals surface area contributed by atoms with E-state index in [1.54, 1.807) is 16.1 Å². The van der Waals surface area contributed by atoms with Crippen LogP contribution in [0.2, 0.25) is 13.3 Å². The molecule has 3 aromatic carbocycles. The fraction of sp³-hybridized carbons (Fsp3) is 0.412. The van der Waals surface area contributed by atoms with Crippen molar-refractivity contribution >= 4 is 42.9 Å². The second-order valence-corrected chi connectivity index (χ2v) is 26.1. The molecule has 0 saturated carbocycles. The number of fused-ring (bicyclic) bond motifs is 1. The van der Waals surface area contributed by atoms with Gasteiger partial charge in [-0.15, -0.1) is 0 Å². The first-order valence-corrected chi connectivity index (χ1v) is 23.7. The fourth-order valence-electron chi connectivity index (χ4n) is 6.13. The standard InChI is InChI=1S/C22H18NO2S.3C4H9.Sn/c1-16-8-11-20(12-9-16)26(24,25)23-21-13-10-17(2)14-19(21)15-22(23)18-6-4-3-5-7-18;3*1-3-4-2;/h3-14H,1-2H3;3*1,3-4H2,2H3;. The number of hydrogen-bond acceptors (Lipinski definition) is 2. The van der Waals surface area contributed by atoms with E-state index in [0.717, 1.165) is 22.3 Å². The third-order valence-corrected chi connectivity index (χ3v) is 25.7. The zero-order valence-corrected chi connectivity index (χ0v) is 28.1. The molecule has 0 radical (unpaired) electrons. The second kappa shape index (κ2) is 13.1. The summed E-state index contributed by atoms with van der Waals surface area (Å²) in [6.07, 6.45) is 7.20. The van der Waals surface area contributed by atoms with Gasteiger partial charge in [0.1, 0.15) is 0 Å². The van der Waals surface area contributed by atoms with Crippen molar-refractivity contribution in [1.82, 2.24) is 3.97 Å². The molecular weight excluding hydrogens is 605 g/mol. The Labute approximate surface area is 240 Å². The molecule has 0 saturated heterocycles. The molecule has 0 amide bonds. The van der Waals surface area contributed by atoms with E-state index < -0.39 is 28.4 Å². The number of hydrogen-bond donors (Lipinski definition) is 0. The van der Waals surface area contributed by atoms with Gasteiger partial charge in [0.05, 0.1) is 0 Å². The second-order valence-electron chi connectivity index (χ2n) is 11.3. The summed E-state index contributed by atoms with van der Waals surface area (Å²) in [5, 5.41) is 1.18. The van der Waals surface area contributed by atoms with Gasteiger partial charge < -0.3 is 0 Å². The summed E-state index contributed by atoms with van der Waals surface area (Å²) in [6.45, 7) is 11.0. The van der Waals surface area contributed by atoms with Gasteiger partial charge in [-0.05, 0) is 0 Å². The summed E-state index contributed by atoms with van der Waals surface area (Å²) in [6, 6.07) is 24.1. The number of aromatic nitrogens is 1. The molecule has 3 nitrogen and oxygen atoms in total. The molecule has 0 spiro atoms. The van der Waals surface area contributed by atoms with Crippen LogP contribution in [-0.2, 0) is 10.0 Å². The summed E-state index contributed by atoms with van der Waals surface area (Å²) < 4.78 is 36.2. The Hall–Kier alpha value is -2.05. The van der Waals surface area contributed by atoms with Crippen LogP contribution in [-0.4, -0.2) is 30.8 Å². The van der Waals surface area contributed by atoms with Crippen LogP contribution in [0, 0.1) is 13.8 Å². The Balaban J connectivity index is 2.19. The van der Waals surface area contributed by atoms with E-state index in [4.69, 9.17) is 0 Å². The van der Waals surface area contributed by atoms with Crippen molar-refractivity contribution < 1.29 is 8.42 Å². The Kier molecular flexibility index (Phi) is 10.0. The Morgan fingerprint density at radius 1 is 0.692 bits per heavy atom. The molecule has 4 rings (SSSR count). The third kappa shape index (κ3) is 6.17. The van der Waals surface area contributed by atoms with Crippen LogP contribution < -0.4 is 3.58 Å². The number of benzene rings is 3. The number of unbranched alkanes of at least 4 members (excludes halogenated alkanes) is 3. The normalized spacial score (nSPS) is 12.3. The average Bonchev–Trinajstić information content (AvgIpc) is 3.29. The van der Waals surface area contributed by atoms with Gasteiger partial charge in [0, 0.05) is 0 Å².